The van der Waals surface area contributed by atoms with Gasteiger partial charge in [0.2, 0.25) is 5.91 Å². The molecule has 0 radical (unpaired) electrons. The number of piperazine rings is 1. The number of hydrogen-bond acceptors (Lipinski definition) is 6. The lowest BCUT2D eigenvalue weighted by Crippen LogP contribution is -2.48. The molecule has 4 rings (SSSR count). The molecule has 162 valence electrons. The van der Waals surface area contributed by atoms with Crippen LogP contribution in [0, 0.1) is 0 Å². The van der Waals surface area contributed by atoms with Crippen LogP contribution in [0.3, 0.4) is 0 Å². The highest BCUT2D eigenvalue weighted by atomic mass is 16.2. The van der Waals surface area contributed by atoms with Crippen molar-refractivity contribution in [3.05, 3.63) is 59.7 Å². The van der Waals surface area contributed by atoms with Crippen molar-refractivity contribution in [3.63, 3.8) is 0 Å². The molecule has 1 amide bonds. The number of amides is 1. The van der Waals surface area contributed by atoms with E-state index in [2.05, 4.69) is 32.7 Å². The van der Waals surface area contributed by atoms with E-state index in [0.717, 1.165) is 67.7 Å². The predicted molar refractivity (Wildman–Crippen MR) is 124 cm³/mol. The number of aryl methyl sites for hydroxylation is 1. The van der Waals surface area contributed by atoms with Crippen molar-refractivity contribution < 1.29 is 9.59 Å². The first kappa shape index (κ1) is 20.9. The highest BCUT2D eigenvalue weighted by Gasteiger charge is 2.19. The maximum absolute atomic E-state index is 12.6. The molecule has 7 heteroatoms. The van der Waals surface area contributed by atoms with Crippen molar-refractivity contribution >= 4 is 29.0 Å². The van der Waals surface area contributed by atoms with Crippen molar-refractivity contribution in [1.82, 2.24) is 10.2 Å². The number of nitrogens with one attached hydrogen (secondary N) is 2. The van der Waals surface area contributed by atoms with Crippen LogP contribution in [-0.4, -0.2) is 61.8 Å². The molecular formula is C24H29N5O2. The zero-order valence-corrected chi connectivity index (χ0v) is 17.9. The highest BCUT2D eigenvalue weighted by molar-refractivity contribution is 5.96. The Morgan fingerprint density at radius 3 is 2.32 bits per heavy atom. The molecule has 2 aromatic rings. The minimum Gasteiger partial charge on any atom is -0.368 e. The molecule has 2 aliphatic rings. The van der Waals surface area contributed by atoms with Gasteiger partial charge in [-0.15, -0.1) is 0 Å². The SMILES string of the molecule is CC(=O)N1CCN(c2ccc(C(=O)CCc3ccc(NC4=NCCN4)cc3)cc2)CC1. The van der Waals surface area contributed by atoms with Crippen molar-refractivity contribution in [2.24, 2.45) is 4.99 Å². The first-order valence-corrected chi connectivity index (χ1v) is 10.9. The van der Waals surface area contributed by atoms with Crippen LogP contribution in [0.15, 0.2) is 53.5 Å². The van der Waals surface area contributed by atoms with Gasteiger partial charge in [-0.25, -0.2) is 0 Å². The molecule has 0 aromatic heterocycles. The van der Waals surface area contributed by atoms with Gasteiger partial charge in [0, 0.05) is 63.0 Å². The zero-order chi connectivity index (χ0) is 21.6. The van der Waals surface area contributed by atoms with Crippen LogP contribution in [0.1, 0.15) is 29.3 Å². The molecule has 0 bridgehead atoms. The average molecular weight is 420 g/mol. The van der Waals surface area contributed by atoms with Crippen LogP contribution in [0.5, 0.6) is 0 Å². The van der Waals surface area contributed by atoms with Crippen molar-refractivity contribution in [2.45, 2.75) is 19.8 Å². The van der Waals surface area contributed by atoms with E-state index in [9.17, 15) is 9.59 Å². The average Bonchev–Trinajstić information content (AvgIpc) is 3.32. The molecule has 2 aromatic carbocycles. The van der Waals surface area contributed by atoms with E-state index in [1.54, 1.807) is 6.92 Å². The molecule has 0 aliphatic carbocycles. The second kappa shape index (κ2) is 9.64. The summed E-state index contributed by atoms with van der Waals surface area (Å²) in [6, 6.07) is 16.0. The predicted octanol–water partition coefficient (Wildman–Crippen LogP) is 2.54. The summed E-state index contributed by atoms with van der Waals surface area (Å²) in [6.07, 6.45) is 1.20. The molecule has 1 saturated heterocycles. The van der Waals surface area contributed by atoms with Gasteiger partial charge in [0.15, 0.2) is 11.7 Å². The Morgan fingerprint density at radius 2 is 1.71 bits per heavy atom. The van der Waals surface area contributed by atoms with Crippen molar-refractivity contribution in [3.8, 4) is 0 Å². The van der Waals surface area contributed by atoms with Gasteiger partial charge >= 0.3 is 0 Å². The number of hydrogen-bond donors (Lipinski definition) is 2. The molecule has 0 unspecified atom stereocenters. The van der Waals surface area contributed by atoms with Gasteiger partial charge in [-0.2, -0.15) is 0 Å². The fraction of sp³-hybridized carbons (Fsp3) is 0.375. The molecular weight excluding hydrogens is 390 g/mol. The number of ketones is 1. The van der Waals surface area contributed by atoms with Gasteiger partial charge in [0.25, 0.3) is 0 Å². The number of nitrogens with zero attached hydrogens (tertiary/aromatic N) is 3. The topological polar surface area (TPSA) is 77.0 Å². The van der Waals surface area contributed by atoms with Crippen molar-refractivity contribution in [2.75, 3.05) is 49.5 Å². The van der Waals surface area contributed by atoms with Gasteiger partial charge in [0.05, 0.1) is 6.54 Å². The summed E-state index contributed by atoms with van der Waals surface area (Å²) in [5.74, 6) is 1.10. The zero-order valence-electron chi connectivity index (χ0n) is 17.9. The minimum absolute atomic E-state index is 0.131. The Hall–Kier alpha value is -3.35. The van der Waals surface area contributed by atoms with Crippen molar-refractivity contribution in [1.29, 1.82) is 0 Å². The Balaban J connectivity index is 1.26. The summed E-state index contributed by atoms with van der Waals surface area (Å²) in [7, 11) is 0. The molecule has 31 heavy (non-hydrogen) atoms. The van der Waals surface area contributed by atoms with E-state index in [1.807, 2.05) is 41.3 Å². The lowest BCUT2D eigenvalue weighted by Gasteiger charge is -2.35. The fourth-order valence-corrected chi connectivity index (χ4v) is 3.91. The third kappa shape index (κ3) is 5.42. The number of carbonyl (C=O) groups excluding carboxylic acids is 2. The van der Waals surface area contributed by atoms with Gasteiger partial charge in [-0.05, 0) is 48.4 Å². The van der Waals surface area contributed by atoms with Gasteiger partial charge in [-0.3, -0.25) is 14.6 Å². The fourth-order valence-electron chi connectivity index (χ4n) is 3.91. The number of carbonyl (C=O) groups is 2. The maximum atomic E-state index is 12.6. The van der Waals surface area contributed by atoms with E-state index in [-0.39, 0.29) is 11.7 Å². The molecule has 0 saturated carbocycles. The quantitative estimate of drug-likeness (QED) is 0.704. The standard InChI is InChI=1S/C24H29N5O2/c1-18(30)28-14-16-29(17-15-28)22-9-5-20(6-10-22)23(31)11-4-19-2-7-21(8-3-19)27-24-25-12-13-26-24/h2-3,5-10H,4,11-17H2,1H3,(H2,25,26,27). The van der Waals surface area contributed by atoms with Crippen LogP contribution in [0.25, 0.3) is 0 Å². The number of guanidine groups is 1. The van der Waals surface area contributed by atoms with Gasteiger partial charge in [0.1, 0.15) is 0 Å². The molecule has 0 atom stereocenters. The Kier molecular flexibility index (Phi) is 6.50. The van der Waals surface area contributed by atoms with Gasteiger partial charge < -0.3 is 20.4 Å². The molecule has 1 fully saturated rings. The lowest BCUT2D eigenvalue weighted by atomic mass is 10.0. The summed E-state index contributed by atoms with van der Waals surface area (Å²) >= 11 is 0. The maximum Gasteiger partial charge on any atom is 0.219 e. The van der Waals surface area contributed by atoms with E-state index < -0.39 is 0 Å². The van der Waals surface area contributed by atoms with Crippen LogP contribution in [0.2, 0.25) is 0 Å². The first-order chi connectivity index (χ1) is 15.1. The number of anilines is 2. The smallest absolute Gasteiger partial charge is 0.219 e. The van der Waals surface area contributed by atoms with Crippen LogP contribution in [-0.2, 0) is 11.2 Å². The normalized spacial score (nSPS) is 16.0. The van der Waals surface area contributed by atoms with E-state index in [1.165, 1.54) is 0 Å². The monoisotopic (exact) mass is 419 g/mol. The Bertz CT molecular complexity index is 945. The largest absolute Gasteiger partial charge is 0.368 e. The summed E-state index contributed by atoms with van der Waals surface area (Å²) < 4.78 is 0. The third-order valence-corrected chi connectivity index (χ3v) is 5.81. The van der Waals surface area contributed by atoms with E-state index in [4.69, 9.17) is 0 Å². The van der Waals surface area contributed by atoms with Gasteiger partial charge in [-0.1, -0.05) is 12.1 Å². The summed E-state index contributed by atoms with van der Waals surface area (Å²) in [5, 5.41) is 6.43. The highest BCUT2D eigenvalue weighted by Crippen LogP contribution is 2.19. The molecule has 7 nitrogen and oxygen atoms in total. The first-order valence-electron chi connectivity index (χ1n) is 10.9. The second-order valence-corrected chi connectivity index (χ2v) is 7.94. The second-order valence-electron chi connectivity index (χ2n) is 7.94. The Labute approximate surface area is 183 Å². The van der Waals surface area contributed by atoms with Crippen LogP contribution < -0.4 is 15.5 Å². The number of Topliss-reactive ketones (excluding diaryl/α,β-unsaturated/α-hetero) is 1. The summed E-state index contributed by atoms with van der Waals surface area (Å²) in [5.41, 5.74) is 3.97. The molecule has 2 N–H and O–H groups in total. The van der Waals surface area contributed by atoms with E-state index >= 15 is 0 Å². The molecule has 2 aliphatic heterocycles. The number of benzene rings is 2. The Morgan fingerprint density at radius 1 is 1.00 bits per heavy atom. The number of rotatable bonds is 6. The summed E-state index contributed by atoms with van der Waals surface area (Å²) in [6.45, 7) is 6.43. The molecule has 0 spiro atoms. The summed E-state index contributed by atoms with van der Waals surface area (Å²) in [4.78, 5) is 32.6. The number of aliphatic imine (C=N–C) groups is 1. The minimum atomic E-state index is 0.131. The lowest BCUT2D eigenvalue weighted by molar-refractivity contribution is -0.129. The molecule has 2 heterocycles. The van der Waals surface area contributed by atoms with Crippen LogP contribution >= 0.6 is 0 Å². The van der Waals surface area contributed by atoms with E-state index in [0.29, 0.717) is 12.8 Å². The third-order valence-electron chi connectivity index (χ3n) is 5.81. The van der Waals surface area contributed by atoms with Crippen LogP contribution in [0.4, 0.5) is 11.4 Å².